The molecule has 0 saturated heterocycles. The van der Waals surface area contributed by atoms with Crippen molar-refractivity contribution in [1.82, 2.24) is 4.90 Å². The van der Waals surface area contributed by atoms with E-state index in [1.807, 2.05) is 18.9 Å². The van der Waals surface area contributed by atoms with E-state index < -0.39 is 0 Å². The third kappa shape index (κ3) is 1.88. The van der Waals surface area contributed by atoms with Crippen LogP contribution in [0.2, 0.25) is 0 Å². The molecule has 2 rings (SSSR count). The molecule has 1 saturated carbocycles. The maximum absolute atomic E-state index is 12.3. The summed E-state index contributed by atoms with van der Waals surface area (Å²) in [5.41, 5.74) is 0.533. The standard InChI is InChI=1S/C15H26N2O/c1-6-13-14(18)17(5)15(16-13)9-11(4)7-8-12(15)10(2)3/h10-12H,6-9H2,1-5H3/t11-,12+,15+/m1/s1. The minimum atomic E-state index is -0.242. The zero-order valence-corrected chi connectivity index (χ0v) is 12.4. The number of nitrogens with zero attached hydrogens (tertiary/aromatic N) is 2. The third-order valence-electron chi connectivity index (χ3n) is 4.81. The van der Waals surface area contributed by atoms with Crippen molar-refractivity contribution in [1.29, 1.82) is 0 Å². The fraction of sp³-hybridized carbons (Fsp3) is 0.867. The van der Waals surface area contributed by atoms with Crippen LogP contribution in [0.4, 0.5) is 0 Å². The zero-order valence-electron chi connectivity index (χ0n) is 12.4. The first-order valence-corrected chi connectivity index (χ1v) is 7.29. The van der Waals surface area contributed by atoms with E-state index in [-0.39, 0.29) is 11.6 Å². The van der Waals surface area contributed by atoms with Crippen LogP contribution in [0, 0.1) is 17.8 Å². The van der Waals surface area contributed by atoms with E-state index >= 15 is 0 Å². The fourth-order valence-corrected chi connectivity index (χ4v) is 3.80. The monoisotopic (exact) mass is 250 g/mol. The van der Waals surface area contributed by atoms with Gasteiger partial charge in [0.05, 0.1) is 0 Å². The van der Waals surface area contributed by atoms with Crippen LogP contribution in [-0.4, -0.2) is 29.2 Å². The highest BCUT2D eigenvalue weighted by Gasteiger charge is 2.52. The van der Waals surface area contributed by atoms with Crippen molar-refractivity contribution in [3.05, 3.63) is 0 Å². The fourth-order valence-electron chi connectivity index (χ4n) is 3.80. The molecule has 0 aromatic carbocycles. The SMILES string of the molecule is CCC1=N[C@@]2(C[C@H](C)CC[C@H]2C(C)C)N(C)C1=O. The van der Waals surface area contributed by atoms with E-state index in [9.17, 15) is 4.79 Å². The Balaban J connectivity index is 2.41. The second-order valence-electron chi connectivity index (χ2n) is 6.39. The van der Waals surface area contributed by atoms with Gasteiger partial charge in [-0.1, -0.05) is 34.1 Å². The Morgan fingerprint density at radius 3 is 2.61 bits per heavy atom. The highest BCUT2D eigenvalue weighted by Crippen LogP contribution is 2.47. The molecule has 0 bridgehead atoms. The number of rotatable bonds is 2. The van der Waals surface area contributed by atoms with Gasteiger partial charge in [0.15, 0.2) is 0 Å². The number of hydrogen-bond acceptors (Lipinski definition) is 2. The van der Waals surface area contributed by atoms with Crippen molar-refractivity contribution in [2.24, 2.45) is 22.7 Å². The van der Waals surface area contributed by atoms with E-state index in [0.29, 0.717) is 17.8 Å². The number of hydrogen-bond donors (Lipinski definition) is 0. The zero-order chi connectivity index (χ0) is 13.5. The van der Waals surface area contributed by atoms with Crippen molar-refractivity contribution in [3.63, 3.8) is 0 Å². The van der Waals surface area contributed by atoms with Gasteiger partial charge < -0.3 is 4.90 Å². The molecule has 0 aromatic rings. The number of amides is 1. The average molecular weight is 250 g/mol. The summed E-state index contributed by atoms with van der Waals surface area (Å²) < 4.78 is 0. The molecule has 1 aliphatic heterocycles. The first kappa shape index (κ1) is 13.6. The van der Waals surface area contributed by atoms with Gasteiger partial charge in [-0.15, -0.1) is 0 Å². The van der Waals surface area contributed by atoms with E-state index in [4.69, 9.17) is 4.99 Å². The smallest absolute Gasteiger partial charge is 0.269 e. The molecule has 3 heteroatoms. The van der Waals surface area contributed by atoms with Crippen LogP contribution < -0.4 is 0 Å². The highest BCUT2D eigenvalue weighted by atomic mass is 16.2. The minimum Gasteiger partial charge on any atom is -0.316 e. The summed E-state index contributed by atoms with van der Waals surface area (Å²) in [5, 5.41) is 0. The van der Waals surface area contributed by atoms with Gasteiger partial charge in [0.1, 0.15) is 11.4 Å². The molecule has 3 nitrogen and oxygen atoms in total. The Morgan fingerprint density at radius 2 is 2.11 bits per heavy atom. The predicted octanol–water partition coefficient (Wildman–Crippen LogP) is 3.10. The summed E-state index contributed by atoms with van der Waals surface area (Å²) in [6.45, 7) is 8.84. The lowest BCUT2D eigenvalue weighted by molar-refractivity contribution is -0.130. The van der Waals surface area contributed by atoms with Gasteiger partial charge in [-0.05, 0) is 31.1 Å². The molecule has 0 radical (unpaired) electrons. The molecular weight excluding hydrogens is 224 g/mol. The Kier molecular flexibility index (Phi) is 3.52. The molecule has 1 fully saturated rings. The van der Waals surface area contributed by atoms with Gasteiger partial charge in [0.25, 0.3) is 5.91 Å². The second kappa shape index (κ2) is 4.67. The molecule has 1 spiro atoms. The van der Waals surface area contributed by atoms with Gasteiger partial charge in [-0.2, -0.15) is 0 Å². The number of carbonyl (C=O) groups is 1. The average Bonchev–Trinajstić information content (AvgIpc) is 2.54. The summed E-state index contributed by atoms with van der Waals surface area (Å²) >= 11 is 0. The molecule has 1 aliphatic carbocycles. The summed E-state index contributed by atoms with van der Waals surface area (Å²) in [4.78, 5) is 19.1. The van der Waals surface area contributed by atoms with Crippen LogP contribution in [-0.2, 0) is 4.79 Å². The number of carbonyl (C=O) groups excluding carboxylic acids is 1. The van der Waals surface area contributed by atoms with Gasteiger partial charge in [-0.3, -0.25) is 9.79 Å². The number of aliphatic imine (C=N–C) groups is 1. The van der Waals surface area contributed by atoms with Crippen molar-refractivity contribution in [3.8, 4) is 0 Å². The van der Waals surface area contributed by atoms with Crippen molar-refractivity contribution in [2.45, 2.75) is 59.0 Å². The van der Waals surface area contributed by atoms with Crippen molar-refractivity contribution >= 4 is 11.6 Å². The normalized spacial score (nSPS) is 36.7. The van der Waals surface area contributed by atoms with Crippen LogP contribution in [0.3, 0.4) is 0 Å². The predicted molar refractivity (Wildman–Crippen MR) is 74.6 cm³/mol. The minimum absolute atomic E-state index is 0.150. The van der Waals surface area contributed by atoms with E-state index in [2.05, 4.69) is 20.8 Å². The Hall–Kier alpha value is -0.860. The van der Waals surface area contributed by atoms with Crippen LogP contribution >= 0.6 is 0 Å². The lowest BCUT2D eigenvalue weighted by atomic mass is 9.69. The molecule has 102 valence electrons. The molecule has 18 heavy (non-hydrogen) atoms. The maximum Gasteiger partial charge on any atom is 0.269 e. The van der Waals surface area contributed by atoms with Crippen LogP contribution in [0.1, 0.15) is 53.4 Å². The van der Waals surface area contributed by atoms with Crippen LogP contribution in [0.5, 0.6) is 0 Å². The van der Waals surface area contributed by atoms with Gasteiger partial charge in [0, 0.05) is 13.0 Å². The third-order valence-corrected chi connectivity index (χ3v) is 4.81. The van der Waals surface area contributed by atoms with Gasteiger partial charge in [0.2, 0.25) is 0 Å². The molecule has 1 amide bonds. The summed E-state index contributed by atoms with van der Waals surface area (Å²) in [5.74, 6) is 1.90. The summed E-state index contributed by atoms with van der Waals surface area (Å²) in [7, 11) is 1.95. The molecule has 2 aliphatic rings. The molecule has 0 aromatic heterocycles. The van der Waals surface area contributed by atoms with E-state index in [1.54, 1.807) is 0 Å². The molecule has 3 atom stereocenters. The molecular formula is C15H26N2O. The van der Waals surface area contributed by atoms with Crippen molar-refractivity contribution in [2.75, 3.05) is 7.05 Å². The molecule has 0 N–H and O–H groups in total. The first-order valence-electron chi connectivity index (χ1n) is 7.29. The van der Waals surface area contributed by atoms with Gasteiger partial charge >= 0.3 is 0 Å². The largest absolute Gasteiger partial charge is 0.316 e. The van der Waals surface area contributed by atoms with Crippen LogP contribution in [0.25, 0.3) is 0 Å². The lowest BCUT2D eigenvalue weighted by Crippen LogP contribution is -2.54. The second-order valence-corrected chi connectivity index (χ2v) is 6.39. The van der Waals surface area contributed by atoms with E-state index in [1.165, 1.54) is 12.8 Å². The molecule has 1 heterocycles. The Morgan fingerprint density at radius 1 is 1.44 bits per heavy atom. The van der Waals surface area contributed by atoms with Crippen molar-refractivity contribution < 1.29 is 4.79 Å². The topological polar surface area (TPSA) is 32.7 Å². The maximum atomic E-state index is 12.3. The molecule has 0 unspecified atom stereocenters. The van der Waals surface area contributed by atoms with Gasteiger partial charge in [-0.25, -0.2) is 0 Å². The lowest BCUT2D eigenvalue weighted by Gasteiger charge is -2.47. The van der Waals surface area contributed by atoms with Crippen LogP contribution in [0.15, 0.2) is 4.99 Å². The Bertz CT molecular complexity index is 375. The Labute approximate surface area is 111 Å². The summed E-state index contributed by atoms with van der Waals surface area (Å²) in [6, 6.07) is 0. The van der Waals surface area contributed by atoms with E-state index in [0.717, 1.165) is 18.6 Å². The first-order chi connectivity index (χ1) is 8.42. The summed E-state index contributed by atoms with van der Waals surface area (Å²) in [6.07, 6.45) is 4.24. The quantitative estimate of drug-likeness (QED) is 0.741. The highest BCUT2D eigenvalue weighted by molar-refractivity contribution is 6.40.